The molecular formula is C15H23N3O2S. The quantitative estimate of drug-likeness (QED) is 0.846. The van der Waals surface area contributed by atoms with Gasteiger partial charge in [-0.25, -0.2) is 8.42 Å². The van der Waals surface area contributed by atoms with Gasteiger partial charge in [-0.3, -0.25) is 0 Å². The van der Waals surface area contributed by atoms with Gasteiger partial charge in [0.25, 0.3) is 0 Å². The molecule has 116 valence electrons. The molecule has 1 rings (SSSR count). The molecule has 6 heteroatoms. The van der Waals surface area contributed by atoms with Crippen molar-refractivity contribution in [2.24, 2.45) is 5.92 Å². The number of nitrogens with two attached hydrogens (primary N) is 1. The highest BCUT2D eigenvalue weighted by Gasteiger charge is 2.29. The van der Waals surface area contributed by atoms with Crippen molar-refractivity contribution in [2.75, 3.05) is 18.8 Å². The van der Waals surface area contributed by atoms with Gasteiger partial charge in [0, 0.05) is 18.8 Å². The first-order chi connectivity index (χ1) is 9.66. The molecule has 0 aliphatic rings. The summed E-state index contributed by atoms with van der Waals surface area (Å²) in [4.78, 5) is 0.270. The van der Waals surface area contributed by atoms with Gasteiger partial charge in [-0.1, -0.05) is 6.92 Å². The molecule has 0 aromatic heterocycles. The largest absolute Gasteiger partial charge is 0.398 e. The fourth-order valence-electron chi connectivity index (χ4n) is 2.30. The lowest BCUT2D eigenvalue weighted by Gasteiger charge is -2.24. The Morgan fingerprint density at radius 2 is 1.90 bits per heavy atom. The Morgan fingerprint density at radius 1 is 1.33 bits per heavy atom. The number of sulfonamides is 1. The van der Waals surface area contributed by atoms with E-state index in [1.807, 2.05) is 6.92 Å². The Balaban J connectivity index is 3.47. The highest BCUT2D eigenvalue weighted by molar-refractivity contribution is 7.89. The second-order valence-electron chi connectivity index (χ2n) is 5.35. The maximum atomic E-state index is 12.9. The molecule has 1 unspecified atom stereocenters. The van der Waals surface area contributed by atoms with Crippen molar-refractivity contribution in [3.63, 3.8) is 0 Å². The van der Waals surface area contributed by atoms with E-state index in [0.717, 1.165) is 5.56 Å². The van der Waals surface area contributed by atoms with Crippen LogP contribution in [0.4, 0.5) is 5.69 Å². The molecule has 0 bridgehead atoms. The summed E-state index contributed by atoms with van der Waals surface area (Å²) < 4.78 is 27.2. The molecule has 0 amide bonds. The maximum Gasteiger partial charge on any atom is 0.243 e. The topological polar surface area (TPSA) is 87.2 Å². The molecule has 0 aliphatic heterocycles. The average Bonchev–Trinajstić information content (AvgIpc) is 2.42. The van der Waals surface area contributed by atoms with Gasteiger partial charge in [0.15, 0.2) is 0 Å². The molecule has 0 radical (unpaired) electrons. The van der Waals surface area contributed by atoms with Crippen LogP contribution in [0.2, 0.25) is 0 Å². The summed E-state index contributed by atoms with van der Waals surface area (Å²) in [6.07, 6.45) is 0. The molecule has 0 saturated carbocycles. The highest BCUT2D eigenvalue weighted by Crippen LogP contribution is 2.30. The van der Waals surface area contributed by atoms with Crippen LogP contribution in [-0.2, 0) is 10.0 Å². The molecule has 0 aliphatic carbocycles. The van der Waals surface area contributed by atoms with Gasteiger partial charge in [-0.2, -0.15) is 9.57 Å². The monoisotopic (exact) mass is 309 g/mol. The van der Waals surface area contributed by atoms with E-state index in [4.69, 9.17) is 11.0 Å². The molecule has 1 atom stereocenters. The van der Waals surface area contributed by atoms with Crippen LogP contribution >= 0.6 is 0 Å². The van der Waals surface area contributed by atoms with Crippen LogP contribution in [0.1, 0.15) is 30.5 Å². The summed E-state index contributed by atoms with van der Waals surface area (Å²) in [5.41, 5.74) is 8.53. The zero-order valence-electron chi connectivity index (χ0n) is 13.3. The zero-order chi connectivity index (χ0) is 16.4. The summed E-state index contributed by atoms with van der Waals surface area (Å²) in [5, 5.41) is 8.92. The van der Waals surface area contributed by atoms with Crippen molar-refractivity contribution in [2.45, 2.75) is 39.5 Å². The molecule has 0 fully saturated rings. The fourth-order valence-corrected chi connectivity index (χ4v) is 4.37. The van der Waals surface area contributed by atoms with Gasteiger partial charge in [0.1, 0.15) is 0 Å². The van der Waals surface area contributed by atoms with Crippen LogP contribution in [0.5, 0.6) is 0 Å². The van der Waals surface area contributed by atoms with Gasteiger partial charge in [-0.15, -0.1) is 0 Å². The van der Waals surface area contributed by atoms with Crippen molar-refractivity contribution in [3.8, 4) is 6.07 Å². The fraction of sp³-hybridized carbons (Fsp3) is 0.533. The summed E-state index contributed by atoms with van der Waals surface area (Å²) in [7, 11) is -3.66. The van der Waals surface area contributed by atoms with E-state index in [2.05, 4.69) is 6.07 Å². The van der Waals surface area contributed by atoms with Crippen LogP contribution in [-0.4, -0.2) is 25.8 Å². The highest BCUT2D eigenvalue weighted by atomic mass is 32.2. The second kappa shape index (κ2) is 6.46. The minimum Gasteiger partial charge on any atom is -0.398 e. The Bertz CT molecular complexity index is 649. The SMILES string of the molecule is CCN(CC(C)C#N)S(=O)(=O)c1c(C)c(C)cc(N)c1C. The predicted octanol–water partition coefficient (Wildman–Crippen LogP) is 2.36. The standard InChI is InChI=1S/C15H23N3O2S/c1-6-18(9-10(2)8-16)21(19,20)15-12(4)11(3)7-14(17)13(15)5/h7,10H,6,9,17H2,1-5H3. The Kier molecular flexibility index (Phi) is 5.37. The van der Waals surface area contributed by atoms with Crippen molar-refractivity contribution >= 4 is 15.7 Å². The number of hydrogen-bond donors (Lipinski definition) is 1. The zero-order valence-corrected chi connectivity index (χ0v) is 14.1. The Labute approximate surface area is 127 Å². The van der Waals surface area contributed by atoms with Crippen LogP contribution in [0.25, 0.3) is 0 Å². The third kappa shape index (κ3) is 3.36. The number of anilines is 1. The molecule has 21 heavy (non-hydrogen) atoms. The van der Waals surface area contributed by atoms with E-state index in [0.29, 0.717) is 23.4 Å². The minimum absolute atomic E-state index is 0.183. The van der Waals surface area contributed by atoms with Crippen LogP contribution in [0.3, 0.4) is 0 Å². The molecule has 2 N–H and O–H groups in total. The van der Waals surface area contributed by atoms with Gasteiger partial charge in [0.2, 0.25) is 10.0 Å². The summed E-state index contributed by atoms with van der Waals surface area (Å²) in [6, 6.07) is 3.86. The van der Waals surface area contributed by atoms with Crippen LogP contribution < -0.4 is 5.73 Å². The number of aryl methyl sites for hydroxylation is 1. The molecule has 5 nitrogen and oxygen atoms in total. The summed E-state index contributed by atoms with van der Waals surface area (Å²) in [6.45, 7) is 9.34. The number of nitriles is 1. The maximum absolute atomic E-state index is 12.9. The number of rotatable bonds is 5. The molecule has 0 heterocycles. The number of nitrogens with zero attached hydrogens (tertiary/aromatic N) is 2. The first-order valence-corrected chi connectivity index (χ1v) is 8.36. The third-order valence-corrected chi connectivity index (χ3v) is 5.94. The minimum atomic E-state index is -3.66. The lowest BCUT2D eigenvalue weighted by atomic mass is 10.1. The predicted molar refractivity (Wildman–Crippen MR) is 84.3 cm³/mol. The van der Waals surface area contributed by atoms with Gasteiger partial charge < -0.3 is 5.73 Å². The van der Waals surface area contributed by atoms with Crippen molar-refractivity contribution in [1.82, 2.24) is 4.31 Å². The van der Waals surface area contributed by atoms with E-state index in [9.17, 15) is 8.42 Å². The van der Waals surface area contributed by atoms with Gasteiger partial charge in [0.05, 0.1) is 16.9 Å². The number of hydrogen-bond acceptors (Lipinski definition) is 4. The van der Waals surface area contributed by atoms with Gasteiger partial charge in [-0.05, 0) is 50.5 Å². The number of benzene rings is 1. The van der Waals surface area contributed by atoms with E-state index < -0.39 is 10.0 Å². The summed E-state index contributed by atoms with van der Waals surface area (Å²) in [5.74, 6) is -0.359. The van der Waals surface area contributed by atoms with E-state index in [-0.39, 0.29) is 17.4 Å². The first-order valence-electron chi connectivity index (χ1n) is 6.92. The van der Waals surface area contributed by atoms with E-state index in [1.54, 1.807) is 33.8 Å². The molecule has 0 spiro atoms. The molecule has 0 saturated heterocycles. The molecule has 1 aromatic carbocycles. The molecule has 1 aromatic rings. The third-order valence-electron chi connectivity index (χ3n) is 3.73. The van der Waals surface area contributed by atoms with E-state index >= 15 is 0 Å². The van der Waals surface area contributed by atoms with Crippen molar-refractivity contribution in [1.29, 1.82) is 5.26 Å². The van der Waals surface area contributed by atoms with Crippen molar-refractivity contribution < 1.29 is 8.42 Å². The number of nitrogen functional groups attached to an aromatic ring is 1. The Morgan fingerprint density at radius 3 is 2.38 bits per heavy atom. The van der Waals surface area contributed by atoms with Gasteiger partial charge >= 0.3 is 0 Å². The Hall–Kier alpha value is -1.58. The van der Waals surface area contributed by atoms with Crippen molar-refractivity contribution in [3.05, 3.63) is 22.8 Å². The normalized spacial score (nSPS) is 13.2. The summed E-state index contributed by atoms with van der Waals surface area (Å²) >= 11 is 0. The first kappa shape index (κ1) is 17.5. The second-order valence-corrected chi connectivity index (χ2v) is 7.22. The lowest BCUT2D eigenvalue weighted by Crippen LogP contribution is -2.35. The smallest absolute Gasteiger partial charge is 0.243 e. The average molecular weight is 309 g/mol. The van der Waals surface area contributed by atoms with E-state index in [1.165, 1.54) is 4.31 Å². The van der Waals surface area contributed by atoms with Crippen LogP contribution in [0, 0.1) is 38.0 Å². The molecular weight excluding hydrogens is 286 g/mol. The lowest BCUT2D eigenvalue weighted by molar-refractivity contribution is 0.399. The van der Waals surface area contributed by atoms with Crippen LogP contribution in [0.15, 0.2) is 11.0 Å².